The molecule has 28 heavy (non-hydrogen) atoms. The van der Waals surface area contributed by atoms with Crippen molar-refractivity contribution in [3.8, 4) is 5.75 Å². The fourth-order valence-electron chi connectivity index (χ4n) is 4.15. The lowest BCUT2D eigenvalue weighted by molar-refractivity contribution is -0.0694. The molecule has 2 atom stereocenters. The number of hydrogen-bond donors (Lipinski definition) is 1. The minimum Gasteiger partial charge on any atom is -0.491 e. The number of carbonyl (C=O) groups is 1. The van der Waals surface area contributed by atoms with Gasteiger partial charge in [-0.15, -0.1) is 0 Å². The van der Waals surface area contributed by atoms with Crippen molar-refractivity contribution in [2.45, 2.75) is 44.2 Å². The lowest BCUT2D eigenvalue weighted by Gasteiger charge is -2.43. The highest BCUT2D eigenvalue weighted by atomic mass is 16.5. The van der Waals surface area contributed by atoms with Gasteiger partial charge in [0.1, 0.15) is 5.75 Å². The van der Waals surface area contributed by atoms with Gasteiger partial charge in [0.05, 0.1) is 31.0 Å². The van der Waals surface area contributed by atoms with E-state index in [1.54, 1.807) is 0 Å². The first kappa shape index (κ1) is 18.8. The van der Waals surface area contributed by atoms with E-state index in [4.69, 9.17) is 9.47 Å². The zero-order chi connectivity index (χ0) is 19.2. The number of para-hydroxylation sites is 2. The van der Waals surface area contributed by atoms with Crippen LogP contribution in [0.1, 0.15) is 31.2 Å². The van der Waals surface area contributed by atoms with Crippen LogP contribution in [-0.2, 0) is 11.2 Å². The summed E-state index contributed by atoms with van der Waals surface area (Å²) in [7, 11) is 0. The number of amides is 2. The Morgan fingerprint density at radius 3 is 2.75 bits per heavy atom. The molecule has 1 heterocycles. The standard InChI is InChI=1S/C23H28N2O3/c26-23(25-15-17-28-22-13-7-5-11-20(22)25)24-19-10-4-6-12-21(19)27-16-14-18-8-2-1-3-9-18/h1-4,6,8-10,12,20,22H,5,7,11,13-17H2,(H,24,26)/t20-,22-/m0/s1. The molecule has 2 aromatic rings. The third-order valence-corrected chi connectivity index (χ3v) is 5.61. The smallest absolute Gasteiger partial charge is 0.322 e. The van der Waals surface area contributed by atoms with E-state index in [0.29, 0.717) is 25.5 Å². The van der Waals surface area contributed by atoms with Gasteiger partial charge >= 0.3 is 6.03 Å². The Kier molecular flexibility index (Phi) is 6.12. The molecule has 2 aromatic carbocycles. The predicted octanol–water partition coefficient (Wildman–Crippen LogP) is 4.48. The normalized spacial score (nSPS) is 21.6. The minimum atomic E-state index is -0.0562. The van der Waals surface area contributed by atoms with Crippen LogP contribution in [-0.4, -0.2) is 42.8 Å². The number of carbonyl (C=O) groups excluding carboxylic acids is 1. The average Bonchev–Trinajstić information content (AvgIpc) is 2.75. The van der Waals surface area contributed by atoms with Crippen molar-refractivity contribution in [2.75, 3.05) is 25.1 Å². The highest BCUT2D eigenvalue weighted by molar-refractivity contribution is 5.91. The van der Waals surface area contributed by atoms with Gasteiger partial charge in [0.15, 0.2) is 0 Å². The van der Waals surface area contributed by atoms with Crippen molar-refractivity contribution in [1.29, 1.82) is 0 Å². The number of urea groups is 1. The molecule has 1 aliphatic carbocycles. The van der Waals surface area contributed by atoms with Crippen LogP contribution in [0.2, 0.25) is 0 Å². The van der Waals surface area contributed by atoms with Crippen LogP contribution in [0.3, 0.4) is 0 Å². The Morgan fingerprint density at radius 1 is 1.07 bits per heavy atom. The summed E-state index contributed by atoms with van der Waals surface area (Å²) < 4.78 is 11.9. The number of nitrogens with zero attached hydrogens (tertiary/aromatic N) is 1. The number of hydrogen-bond acceptors (Lipinski definition) is 3. The van der Waals surface area contributed by atoms with Crippen LogP contribution < -0.4 is 10.1 Å². The summed E-state index contributed by atoms with van der Waals surface area (Å²) in [6.45, 7) is 1.83. The Bertz CT molecular complexity index is 778. The number of rotatable bonds is 5. The quantitative estimate of drug-likeness (QED) is 0.832. The zero-order valence-corrected chi connectivity index (χ0v) is 16.2. The van der Waals surface area contributed by atoms with Crippen LogP contribution in [0.25, 0.3) is 0 Å². The summed E-state index contributed by atoms with van der Waals surface area (Å²) in [6.07, 6.45) is 5.44. The second-order valence-corrected chi connectivity index (χ2v) is 7.46. The van der Waals surface area contributed by atoms with Crippen LogP contribution in [0.15, 0.2) is 54.6 Å². The predicted molar refractivity (Wildman–Crippen MR) is 110 cm³/mol. The number of fused-ring (bicyclic) bond motifs is 1. The second kappa shape index (κ2) is 9.11. The van der Waals surface area contributed by atoms with E-state index < -0.39 is 0 Å². The van der Waals surface area contributed by atoms with Crippen molar-refractivity contribution < 1.29 is 14.3 Å². The molecule has 148 valence electrons. The van der Waals surface area contributed by atoms with Gasteiger partial charge in [-0.05, 0) is 30.5 Å². The number of anilines is 1. The molecule has 5 nitrogen and oxygen atoms in total. The van der Waals surface area contributed by atoms with Crippen LogP contribution >= 0.6 is 0 Å². The summed E-state index contributed by atoms with van der Waals surface area (Å²) in [5.74, 6) is 0.709. The van der Waals surface area contributed by atoms with Gasteiger partial charge < -0.3 is 19.7 Å². The lowest BCUT2D eigenvalue weighted by Crippen LogP contribution is -2.56. The number of ether oxygens (including phenoxy) is 2. The summed E-state index contributed by atoms with van der Waals surface area (Å²) in [4.78, 5) is 14.9. The molecule has 0 bridgehead atoms. The van der Waals surface area contributed by atoms with Crippen molar-refractivity contribution in [1.82, 2.24) is 4.90 Å². The fourth-order valence-corrected chi connectivity index (χ4v) is 4.15. The van der Waals surface area contributed by atoms with E-state index >= 15 is 0 Å². The van der Waals surface area contributed by atoms with Crippen molar-refractivity contribution in [3.05, 3.63) is 60.2 Å². The molecule has 5 heteroatoms. The molecule has 0 radical (unpaired) electrons. The van der Waals surface area contributed by atoms with Gasteiger partial charge in [-0.1, -0.05) is 55.3 Å². The van der Waals surface area contributed by atoms with Crippen LogP contribution in [0.4, 0.5) is 10.5 Å². The van der Waals surface area contributed by atoms with E-state index in [1.165, 1.54) is 12.0 Å². The minimum absolute atomic E-state index is 0.0562. The van der Waals surface area contributed by atoms with E-state index in [0.717, 1.165) is 31.4 Å². The van der Waals surface area contributed by atoms with Gasteiger partial charge in [0.2, 0.25) is 0 Å². The monoisotopic (exact) mass is 380 g/mol. The molecule has 1 aliphatic heterocycles. The van der Waals surface area contributed by atoms with Crippen LogP contribution in [0.5, 0.6) is 5.75 Å². The maximum absolute atomic E-state index is 13.0. The Morgan fingerprint density at radius 2 is 1.86 bits per heavy atom. The summed E-state index contributed by atoms with van der Waals surface area (Å²) in [6, 6.07) is 18.0. The van der Waals surface area contributed by atoms with E-state index in [1.807, 2.05) is 47.4 Å². The Hall–Kier alpha value is -2.53. The summed E-state index contributed by atoms with van der Waals surface area (Å²) in [5, 5.41) is 3.07. The highest BCUT2D eigenvalue weighted by Gasteiger charge is 2.36. The molecule has 4 rings (SSSR count). The third kappa shape index (κ3) is 4.47. The van der Waals surface area contributed by atoms with Gasteiger partial charge in [0.25, 0.3) is 0 Å². The van der Waals surface area contributed by atoms with E-state index in [2.05, 4.69) is 17.4 Å². The van der Waals surface area contributed by atoms with Gasteiger partial charge in [-0.2, -0.15) is 0 Å². The number of benzene rings is 2. The van der Waals surface area contributed by atoms with Crippen molar-refractivity contribution in [3.63, 3.8) is 0 Å². The van der Waals surface area contributed by atoms with Gasteiger partial charge in [-0.3, -0.25) is 0 Å². The second-order valence-electron chi connectivity index (χ2n) is 7.46. The number of nitrogens with one attached hydrogen (secondary N) is 1. The maximum atomic E-state index is 13.0. The molecule has 0 spiro atoms. The topological polar surface area (TPSA) is 50.8 Å². The van der Waals surface area contributed by atoms with Crippen molar-refractivity contribution >= 4 is 11.7 Å². The zero-order valence-electron chi connectivity index (χ0n) is 16.2. The molecule has 1 saturated heterocycles. The van der Waals surface area contributed by atoms with E-state index in [-0.39, 0.29) is 18.2 Å². The summed E-state index contributed by atoms with van der Waals surface area (Å²) in [5.41, 5.74) is 1.96. The number of morpholine rings is 1. The first-order valence-electron chi connectivity index (χ1n) is 10.3. The largest absolute Gasteiger partial charge is 0.491 e. The van der Waals surface area contributed by atoms with E-state index in [9.17, 15) is 4.79 Å². The molecule has 2 amide bonds. The molecule has 0 aromatic heterocycles. The SMILES string of the molecule is O=C(Nc1ccccc1OCCc1ccccc1)N1CCO[C@H]2CCCC[C@@H]21. The molecule has 1 saturated carbocycles. The molecule has 0 unspecified atom stereocenters. The average molecular weight is 380 g/mol. The van der Waals surface area contributed by atoms with Gasteiger partial charge in [0, 0.05) is 13.0 Å². The first-order chi connectivity index (χ1) is 13.8. The first-order valence-corrected chi connectivity index (χ1v) is 10.3. The summed E-state index contributed by atoms with van der Waals surface area (Å²) >= 11 is 0. The third-order valence-electron chi connectivity index (χ3n) is 5.61. The van der Waals surface area contributed by atoms with Crippen LogP contribution in [0, 0.1) is 0 Å². The Balaban J connectivity index is 1.38. The van der Waals surface area contributed by atoms with Gasteiger partial charge in [-0.25, -0.2) is 4.79 Å². The molecule has 1 N–H and O–H groups in total. The maximum Gasteiger partial charge on any atom is 0.322 e. The molecular formula is C23H28N2O3. The van der Waals surface area contributed by atoms with Crippen molar-refractivity contribution in [2.24, 2.45) is 0 Å². The Labute approximate surface area is 166 Å². The lowest BCUT2D eigenvalue weighted by atomic mass is 9.90. The molecule has 2 fully saturated rings. The highest BCUT2D eigenvalue weighted by Crippen LogP contribution is 2.30. The molecule has 2 aliphatic rings. The fraction of sp³-hybridized carbons (Fsp3) is 0.435. The molecular weight excluding hydrogens is 352 g/mol.